The van der Waals surface area contributed by atoms with Gasteiger partial charge in [0, 0.05) is 24.7 Å². The number of piperidine rings is 2. The van der Waals surface area contributed by atoms with E-state index < -0.39 is 5.82 Å². The molecule has 27 heavy (non-hydrogen) atoms. The van der Waals surface area contributed by atoms with Gasteiger partial charge >= 0.3 is 0 Å². The van der Waals surface area contributed by atoms with Gasteiger partial charge in [0.2, 0.25) is 0 Å². The maximum absolute atomic E-state index is 13.9. The minimum absolute atomic E-state index is 0.127. The molecule has 2 bridgehead atoms. The van der Waals surface area contributed by atoms with Crippen LogP contribution in [0.5, 0.6) is 0 Å². The molecule has 2 aromatic rings. The molecular formula is C23H27FN2O. The van der Waals surface area contributed by atoms with Crippen LogP contribution in [-0.2, 0) is 6.54 Å². The summed E-state index contributed by atoms with van der Waals surface area (Å²) < 4.78 is 13.9. The molecule has 2 saturated heterocycles. The molecule has 2 fully saturated rings. The first-order chi connectivity index (χ1) is 13.1. The minimum atomic E-state index is -0.452. The van der Waals surface area contributed by atoms with Gasteiger partial charge in [-0.15, -0.1) is 0 Å². The summed E-state index contributed by atoms with van der Waals surface area (Å²) in [7, 11) is 0. The first-order valence-electron chi connectivity index (χ1n) is 9.97. The Bertz CT molecular complexity index is 790. The van der Waals surface area contributed by atoms with Crippen LogP contribution in [0.25, 0.3) is 0 Å². The van der Waals surface area contributed by atoms with Gasteiger partial charge < -0.3 is 5.32 Å². The van der Waals surface area contributed by atoms with Gasteiger partial charge in [-0.05, 0) is 50.3 Å². The van der Waals surface area contributed by atoms with Crippen molar-refractivity contribution in [1.82, 2.24) is 10.2 Å². The molecule has 0 aliphatic carbocycles. The average Bonchev–Trinajstić information content (AvgIpc) is 2.64. The predicted octanol–water partition coefficient (Wildman–Crippen LogP) is 4.45. The number of aryl methyl sites for hydroxylation is 1. The lowest BCUT2D eigenvalue weighted by Crippen LogP contribution is -2.56. The second-order valence-corrected chi connectivity index (χ2v) is 8.02. The lowest BCUT2D eigenvalue weighted by molar-refractivity contribution is 0.0176. The molecule has 4 rings (SSSR count). The van der Waals surface area contributed by atoms with Crippen LogP contribution in [0.15, 0.2) is 48.5 Å². The standard InChI is InChI=1S/C23H27FN2O/c1-16-9-11-17(12-10-16)15-26-19-5-4-6-20(26)14-18(13-19)25-23(27)21-7-2-3-8-22(21)24/h2-3,7-12,18-20H,4-6,13-15H2,1H3,(H,25,27)/t19-,20-/m1/s1. The van der Waals surface area contributed by atoms with E-state index in [-0.39, 0.29) is 17.5 Å². The molecule has 0 aromatic heterocycles. The van der Waals surface area contributed by atoms with E-state index in [9.17, 15) is 9.18 Å². The highest BCUT2D eigenvalue weighted by Crippen LogP contribution is 2.35. The second kappa shape index (κ2) is 7.81. The van der Waals surface area contributed by atoms with Crippen LogP contribution in [0.2, 0.25) is 0 Å². The number of carbonyl (C=O) groups is 1. The minimum Gasteiger partial charge on any atom is -0.349 e. The third-order valence-corrected chi connectivity index (χ3v) is 6.07. The van der Waals surface area contributed by atoms with E-state index in [4.69, 9.17) is 0 Å². The molecule has 2 aromatic carbocycles. The number of carbonyl (C=O) groups excluding carboxylic acids is 1. The van der Waals surface area contributed by atoms with Gasteiger partial charge in [0.05, 0.1) is 5.56 Å². The zero-order chi connectivity index (χ0) is 18.8. The molecule has 1 N–H and O–H groups in total. The van der Waals surface area contributed by atoms with Crippen LogP contribution in [0.1, 0.15) is 53.6 Å². The Kier molecular flexibility index (Phi) is 5.26. The first-order valence-corrected chi connectivity index (χ1v) is 9.97. The zero-order valence-electron chi connectivity index (χ0n) is 15.8. The molecule has 3 nitrogen and oxygen atoms in total. The van der Waals surface area contributed by atoms with Crippen molar-refractivity contribution in [1.29, 1.82) is 0 Å². The van der Waals surface area contributed by atoms with E-state index in [1.165, 1.54) is 36.5 Å². The van der Waals surface area contributed by atoms with Crippen molar-refractivity contribution < 1.29 is 9.18 Å². The number of nitrogens with zero attached hydrogens (tertiary/aromatic N) is 1. The molecule has 0 saturated carbocycles. The molecule has 2 heterocycles. The molecular weight excluding hydrogens is 339 g/mol. The van der Waals surface area contributed by atoms with Crippen LogP contribution < -0.4 is 5.32 Å². The highest BCUT2D eigenvalue weighted by molar-refractivity contribution is 5.94. The Morgan fingerprint density at radius 1 is 1.07 bits per heavy atom. The normalized spacial score (nSPS) is 25.2. The van der Waals surface area contributed by atoms with Crippen LogP contribution in [-0.4, -0.2) is 28.9 Å². The van der Waals surface area contributed by atoms with Crippen LogP contribution in [0, 0.1) is 12.7 Å². The number of rotatable bonds is 4. The third-order valence-electron chi connectivity index (χ3n) is 6.07. The van der Waals surface area contributed by atoms with E-state index in [0.29, 0.717) is 12.1 Å². The molecule has 0 spiro atoms. The Balaban J connectivity index is 1.42. The summed E-state index contributed by atoms with van der Waals surface area (Å²) in [6, 6.07) is 16.1. The van der Waals surface area contributed by atoms with E-state index >= 15 is 0 Å². The van der Waals surface area contributed by atoms with Gasteiger partial charge in [0.15, 0.2) is 0 Å². The van der Waals surface area contributed by atoms with Gasteiger partial charge in [0.1, 0.15) is 5.82 Å². The quantitative estimate of drug-likeness (QED) is 0.867. The molecule has 0 radical (unpaired) electrons. The molecule has 4 heteroatoms. The van der Waals surface area contributed by atoms with Crippen molar-refractivity contribution in [2.75, 3.05) is 0 Å². The molecule has 1 amide bonds. The number of hydrogen-bond acceptors (Lipinski definition) is 2. The average molecular weight is 366 g/mol. The van der Waals surface area contributed by atoms with Crippen LogP contribution in [0.4, 0.5) is 4.39 Å². The summed E-state index contributed by atoms with van der Waals surface area (Å²) in [6.45, 7) is 3.09. The third kappa shape index (κ3) is 4.06. The summed E-state index contributed by atoms with van der Waals surface area (Å²) in [4.78, 5) is 15.1. The lowest BCUT2D eigenvalue weighted by atomic mass is 9.81. The Hall–Kier alpha value is -2.20. The topological polar surface area (TPSA) is 32.3 Å². The zero-order valence-corrected chi connectivity index (χ0v) is 15.8. The molecule has 142 valence electrons. The van der Waals surface area contributed by atoms with E-state index in [2.05, 4.69) is 41.4 Å². The summed E-state index contributed by atoms with van der Waals surface area (Å²) in [5.41, 5.74) is 2.78. The highest BCUT2D eigenvalue weighted by Gasteiger charge is 2.38. The smallest absolute Gasteiger partial charge is 0.254 e. The number of halogens is 1. The fourth-order valence-electron chi connectivity index (χ4n) is 4.67. The van der Waals surface area contributed by atoms with Crippen molar-refractivity contribution in [3.8, 4) is 0 Å². The van der Waals surface area contributed by atoms with Crippen molar-refractivity contribution in [2.24, 2.45) is 0 Å². The van der Waals surface area contributed by atoms with Gasteiger partial charge in [-0.2, -0.15) is 0 Å². The monoisotopic (exact) mass is 366 g/mol. The summed E-state index contributed by atoms with van der Waals surface area (Å²) in [5.74, 6) is -0.741. The molecule has 0 unspecified atom stereocenters. The first kappa shape index (κ1) is 18.2. The van der Waals surface area contributed by atoms with E-state index in [1.807, 2.05) is 0 Å². The van der Waals surface area contributed by atoms with Gasteiger partial charge in [-0.1, -0.05) is 48.4 Å². The second-order valence-electron chi connectivity index (χ2n) is 8.02. The number of fused-ring (bicyclic) bond motifs is 2. The van der Waals surface area contributed by atoms with Gasteiger partial charge in [-0.3, -0.25) is 9.69 Å². The number of benzene rings is 2. The maximum Gasteiger partial charge on any atom is 0.254 e. The van der Waals surface area contributed by atoms with Crippen molar-refractivity contribution in [2.45, 2.75) is 63.7 Å². The number of amides is 1. The Morgan fingerprint density at radius 2 is 1.74 bits per heavy atom. The largest absolute Gasteiger partial charge is 0.349 e. The molecule has 2 atom stereocenters. The van der Waals surface area contributed by atoms with Gasteiger partial charge in [-0.25, -0.2) is 4.39 Å². The highest BCUT2D eigenvalue weighted by atomic mass is 19.1. The van der Waals surface area contributed by atoms with Crippen LogP contribution in [0.3, 0.4) is 0 Å². The maximum atomic E-state index is 13.9. The van der Waals surface area contributed by atoms with Crippen LogP contribution >= 0.6 is 0 Å². The summed E-state index contributed by atoms with van der Waals surface area (Å²) in [5, 5.41) is 3.09. The van der Waals surface area contributed by atoms with Crippen molar-refractivity contribution in [3.63, 3.8) is 0 Å². The predicted molar refractivity (Wildman–Crippen MR) is 105 cm³/mol. The number of nitrogens with one attached hydrogen (secondary N) is 1. The molecule has 2 aliphatic rings. The van der Waals surface area contributed by atoms with E-state index in [1.54, 1.807) is 18.2 Å². The number of hydrogen-bond donors (Lipinski definition) is 1. The molecule has 2 aliphatic heterocycles. The lowest BCUT2D eigenvalue weighted by Gasteiger charge is -2.49. The van der Waals surface area contributed by atoms with E-state index in [0.717, 1.165) is 19.4 Å². The summed E-state index contributed by atoms with van der Waals surface area (Å²) >= 11 is 0. The fourth-order valence-corrected chi connectivity index (χ4v) is 4.67. The Morgan fingerprint density at radius 3 is 2.41 bits per heavy atom. The SMILES string of the molecule is Cc1ccc(CN2[C@@H]3CCC[C@@H]2CC(NC(=O)c2ccccc2F)C3)cc1. The van der Waals surface area contributed by atoms with Crippen molar-refractivity contribution >= 4 is 5.91 Å². The summed E-state index contributed by atoms with van der Waals surface area (Å²) in [6.07, 6.45) is 5.50. The fraction of sp³-hybridized carbons (Fsp3) is 0.435. The Labute approximate surface area is 160 Å². The van der Waals surface area contributed by atoms with Crippen molar-refractivity contribution in [3.05, 3.63) is 71.0 Å². The van der Waals surface area contributed by atoms with Gasteiger partial charge in [0.25, 0.3) is 5.91 Å².